The van der Waals surface area contributed by atoms with Gasteiger partial charge >= 0.3 is 0 Å². The molecule has 2 atom stereocenters. The molecule has 1 aliphatic rings. The van der Waals surface area contributed by atoms with Crippen LogP contribution in [0.25, 0.3) is 0 Å². The lowest BCUT2D eigenvalue weighted by atomic mass is 10.0. The van der Waals surface area contributed by atoms with Crippen molar-refractivity contribution in [1.82, 2.24) is 0 Å². The Morgan fingerprint density at radius 3 is 2.60 bits per heavy atom. The maximum absolute atomic E-state index is 13.4. The lowest BCUT2D eigenvalue weighted by Gasteiger charge is -2.34. The van der Waals surface area contributed by atoms with Crippen molar-refractivity contribution in [3.8, 4) is 11.5 Å². The number of hydrogen-bond donors (Lipinski definition) is 1. The third kappa shape index (κ3) is 2.66. The van der Waals surface area contributed by atoms with E-state index >= 15 is 0 Å². The van der Waals surface area contributed by atoms with Crippen LogP contribution in [0.2, 0.25) is 0 Å². The smallest absolute Gasteiger partial charge is 0.263 e. The topological polar surface area (TPSA) is 47.9 Å². The molecule has 0 radical (unpaired) electrons. The van der Waals surface area contributed by atoms with E-state index < -0.39 is 23.5 Å². The molecule has 0 amide bonds. The van der Waals surface area contributed by atoms with Crippen molar-refractivity contribution in [1.29, 1.82) is 0 Å². The molecule has 6 heteroatoms. The Morgan fingerprint density at radius 2 is 1.95 bits per heavy atom. The summed E-state index contributed by atoms with van der Waals surface area (Å²) in [5.74, 6) is -2.62. The van der Waals surface area contributed by atoms with Gasteiger partial charge in [0.1, 0.15) is 17.7 Å². The van der Waals surface area contributed by atoms with E-state index in [2.05, 4.69) is 0 Å². The molecule has 0 spiro atoms. The van der Waals surface area contributed by atoms with E-state index in [0.717, 1.165) is 24.3 Å². The van der Waals surface area contributed by atoms with Crippen LogP contribution in [-0.4, -0.2) is 31.2 Å². The Morgan fingerprint density at radius 1 is 1.20 bits per heavy atom. The van der Waals surface area contributed by atoms with Crippen LogP contribution in [0.1, 0.15) is 0 Å². The molecule has 0 aliphatic heterocycles. The summed E-state index contributed by atoms with van der Waals surface area (Å²) in [7, 11) is 2.61. The molecule has 1 aromatic rings. The summed E-state index contributed by atoms with van der Waals surface area (Å²) in [6.07, 6.45) is 2.09. The number of hydrogen-bond acceptors (Lipinski definition) is 4. The summed E-state index contributed by atoms with van der Waals surface area (Å²) >= 11 is 0. The van der Waals surface area contributed by atoms with Gasteiger partial charge in [0.15, 0.2) is 11.5 Å². The first-order chi connectivity index (χ1) is 9.50. The van der Waals surface area contributed by atoms with Gasteiger partial charge in [-0.3, -0.25) is 0 Å². The second kappa shape index (κ2) is 5.60. The minimum atomic E-state index is -1.73. The lowest BCUT2D eigenvalue weighted by molar-refractivity contribution is -0.178. The molecule has 0 aromatic heterocycles. The highest BCUT2D eigenvalue weighted by atomic mass is 19.1. The minimum absolute atomic E-state index is 0.108. The highest BCUT2D eigenvalue weighted by molar-refractivity contribution is 5.41. The van der Waals surface area contributed by atoms with Gasteiger partial charge in [-0.1, -0.05) is 0 Å². The number of halogens is 2. The van der Waals surface area contributed by atoms with Gasteiger partial charge in [0, 0.05) is 19.3 Å². The van der Waals surface area contributed by atoms with Crippen molar-refractivity contribution in [2.45, 2.75) is 11.9 Å². The van der Waals surface area contributed by atoms with E-state index in [-0.39, 0.29) is 11.5 Å². The third-order valence-electron chi connectivity index (χ3n) is 2.90. The molecule has 20 heavy (non-hydrogen) atoms. The monoisotopic (exact) mass is 284 g/mol. The molecule has 0 saturated heterocycles. The van der Waals surface area contributed by atoms with Gasteiger partial charge in [0.25, 0.3) is 5.79 Å². The van der Waals surface area contributed by atoms with Crippen LogP contribution in [0.4, 0.5) is 8.78 Å². The molecule has 0 bridgehead atoms. The van der Waals surface area contributed by atoms with Gasteiger partial charge in [-0.2, -0.15) is 0 Å². The molecule has 0 heterocycles. The predicted octanol–water partition coefficient (Wildman–Crippen LogP) is 2.34. The van der Waals surface area contributed by atoms with Crippen molar-refractivity contribution in [2.24, 2.45) is 0 Å². The number of methoxy groups -OCH3 is 2. The zero-order valence-electron chi connectivity index (χ0n) is 11.0. The highest BCUT2D eigenvalue weighted by Crippen LogP contribution is 2.35. The van der Waals surface area contributed by atoms with E-state index in [9.17, 15) is 13.9 Å². The number of allylic oxidation sites excluding steroid dienone is 2. The van der Waals surface area contributed by atoms with E-state index in [1.807, 2.05) is 0 Å². The Balaban J connectivity index is 2.38. The van der Waals surface area contributed by atoms with E-state index in [4.69, 9.17) is 14.2 Å². The normalized spacial score (nSPS) is 25.2. The molecular weight excluding hydrogens is 270 g/mol. The average Bonchev–Trinajstić information content (AvgIpc) is 2.44. The number of ether oxygens (including phenoxy) is 3. The summed E-state index contributed by atoms with van der Waals surface area (Å²) in [6, 6.07) is 3.59. The van der Waals surface area contributed by atoms with Gasteiger partial charge in [-0.05, 0) is 24.3 Å². The fourth-order valence-corrected chi connectivity index (χ4v) is 1.85. The first-order valence-electron chi connectivity index (χ1n) is 5.83. The molecule has 2 rings (SSSR count). The third-order valence-corrected chi connectivity index (χ3v) is 2.90. The molecule has 0 saturated carbocycles. The molecule has 2 unspecified atom stereocenters. The maximum atomic E-state index is 13.4. The van der Waals surface area contributed by atoms with E-state index in [1.165, 1.54) is 26.4 Å². The number of benzene rings is 1. The Bertz CT molecular complexity index is 556. The van der Waals surface area contributed by atoms with Gasteiger partial charge in [0.2, 0.25) is 0 Å². The van der Waals surface area contributed by atoms with Crippen molar-refractivity contribution >= 4 is 0 Å². The number of aliphatic hydroxyl groups excluding tert-OH is 1. The molecule has 108 valence electrons. The largest absolute Gasteiger partial charge is 0.493 e. The van der Waals surface area contributed by atoms with Crippen LogP contribution in [0.15, 0.2) is 42.3 Å². The standard InChI is InChI=1S/C14H14F2O4/c1-18-12-7-9(15)3-5-11(12)20-14(19-2)8-10(16)4-6-13(14)17/h3-8,13,17H,1-2H3. The van der Waals surface area contributed by atoms with Crippen LogP contribution in [-0.2, 0) is 4.74 Å². The average molecular weight is 284 g/mol. The second-order valence-electron chi connectivity index (χ2n) is 4.16. The molecule has 4 nitrogen and oxygen atoms in total. The van der Waals surface area contributed by atoms with Crippen molar-refractivity contribution < 1.29 is 28.1 Å². The Labute approximate surface area is 114 Å². The quantitative estimate of drug-likeness (QED) is 0.862. The summed E-state index contributed by atoms with van der Waals surface area (Å²) < 4.78 is 42.1. The molecular formula is C14H14F2O4. The first-order valence-corrected chi connectivity index (χ1v) is 5.83. The van der Waals surface area contributed by atoms with Gasteiger partial charge in [-0.25, -0.2) is 8.78 Å². The van der Waals surface area contributed by atoms with E-state index in [0.29, 0.717) is 0 Å². The van der Waals surface area contributed by atoms with Crippen molar-refractivity contribution in [3.63, 3.8) is 0 Å². The lowest BCUT2D eigenvalue weighted by Crippen LogP contribution is -2.48. The fraction of sp³-hybridized carbons (Fsp3) is 0.286. The van der Waals surface area contributed by atoms with Crippen LogP contribution in [0.3, 0.4) is 0 Å². The van der Waals surface area contributed by atoms with Gasteiger partial charge in [-0.15, -0.1) is 0 Å². The van der Waals surface area contributed by atoms with Crippen LogP contribution >= 0.6 is 0 Å². The minimum Gasteiger partial charge on any atom is -0.493 e. The molecule has 0 fully saturated rings. The molecule has 1 aliphatic carbocycles. The van der Waals surface area contributed by atoms with Crippen LogP contribution in [0.5, 0.6) is 11.5 Å². The predicted molar refractivity (Wildman–Crippen MR) is 67.7 cm³/mol. The summed E-state index contributed by atoms with van der Waals surface area (Å²) in [6.45, 7) is 0. The zero-order valence-corrected chi connectivity index (χ0v) is 11.0. The fourth-order valence-electron chi connectivity index (χ4n) is 1.85. The van der Waals surface area contributed by atoms with E-state index in [1.54, 1.807) is 0 Å². The first kappa shape index (κ1) is 14.5. The summed E-state index contributed by atoms with van der Waals surface area (Å²) in [4.78, 5) is 0. The maximum Gasteiger partial charge on any atom is 0.263 e. The second-order valence-corrected chi connectivity index (χ2v) is 4.16. The van der Waals surface area contributed by atoms with Crippen molar-refractivity contribution in [3.05, 3.63) is 48.1 Å². The summed E-state index contributed by atoms with van der Waals surface area (Å²) in [5.41, 5.74) is 0. The molecule has 1 aromatic carbocycles. The Kier molecular flexibility index (Phi) is 4.06. The van der Waals surface area contributed by atoms with Crippen LogP contribution in [0, 0.1) is 5.82 Å². The zero-order chi connectivity index (χ0) is 14.8. The van der Waals surface area contributed by atoms with Crippen LogP contribution < -0.4 is 9.47 Å². The highest BCUT2D eigenvalue weighted by Gasteiger charge is 2.40. The molecule has 1 N–H and O–H groups in total. The summed E-state index contributed by atoms with van der Waals surface area (Å²) in [5, 5.41) is 9.95. The van der Waals surface area contributed by atoms with Crippen molar-refractivity contribution in [2.75, 3.05) is 14.2 Å². The van der Waals surface area contributed by atoms with Gasteiger partial charge < -0.3 is 19.3 Å². The van der Waals surface area contributed by atoms with Gasteiger partial charge in [0.05, 0.1) is 7.11 Å². The number of aliphatic hydroxyl groups is 1. The Hall–Kier alpha value is -1.92. The number of rotatable bonds is 4. The SMILES string of the molecule is COc1cc(F)ccc1OC1(OC)C=C(F)C=CC1O.